The lowest BCUT2D eigenvalue weighted by Gasteiger charge is -2.04. The third kappa shape index (κ3) is 2.95. The van der Waals surface area contributed by atoms with Gasteiger partial charge in [0.2, 0.25) is 5.78 Å². The number of nitrogens with zero attached hydrogens (tertiary/aromatic N) is 1. The molecule has 0 radical (unpaired) electrons. The average molecular weight is 363 g/mol. The van der Waals surface area contributed by atoms with Crippen LogP contribution >= 0.6 is 0 Å². The molecular formula is C22H21NO4. The van der Waals surface area contributed by atoms with Crippen molar-refractivity contribution in [3.63, 3.8) is 0 Å². The second-order valence-electron chi connectivity index (χ2n) is 6.93. The monoisotopic (exact) mass is 363 g/mol. The van der Waals surface area contributed by atoms with E-state index < -0.39 is 0 Å². The number of carbonyl (C=O) groups is 1. The summed E-state index contributed by atoms with van der Waals surface area (Å²) in [5, 5.41) is 20.6. The number of aromatic hydroxyl groups is 2. The lowest BCUT2D eigenvalue weighted by Crippen LogP contribution is -1.98. The molecular weight excluding hydrogens is 342 g/mol. The average Bonchev–Trinajstić information content (AvgIpc) is 3.11. The van der Waals surface area contributed by atoms with E-state index in [4.69, 9.17) is 4.74 Å². The van der Waals surface area contributed by atoms with Crippen molar-refractivity contribution >= 4 is 22.8 Å². The van der Waals surface area contributed by atoms with Crippen LogP contribution in [0.15, 0.2) is 42.3 Å². The van der Waals surface area contributed by atoms with Crippen molar-refractivity contribution in [2.24, 2.45) is 0 Å². The quantitative estimate of drug-likeness (QED) is 0.655. The minimum atomic E-state index is -0.385. The summed E-state index contributed by atoms with van der Waals surface area (Å²) in [6, 6.07) is 8.72. The van der Waals surface area contributed by atoms with E-state index in [1.165, 1.54) is 11.6 Å². The SMILES string of the molecule is CCCCn1cc(/C=C2\Oc3cc(O)cc(O)c3C2=O)c2ccc(C)cc21. The molecule has 5 nitrogen and oxygen atoms in total. The maximum absolute atomic E-state index is 12.7. The molecule has 0 unspecified atom stereocenters. The largest absolute Gasteiger partial charge is 0.508 e. The summed E-state index contributed by atoms with van der Waals surface area (Å²) in [7, 11) is 0. The van der Waals surface area contributed by atoms with Gasteiger partial charge in [-0.3, -0.25) is 4.79 Å². The molecule has 0 aliphatic carbocycles. The highest BCUT2D eigenvalue weighted by Crippen LogP contribution is 2.41. The molecule has 2 aromatic carbocycles. The Balaban J connectivity index is 1.80. The Morgan fingerprint density at radius 1 is 1.19 bits per heavy atom. The number of aryl methyl sites for hydroxylation is 2. The molecule has 27 heavy (non-hydrogen) atoms. The smallest absolute Gasteiger partial charge is 0.235 e. The number of fused-ring (bicyclic) bond motifs is 2. The van der Waals surface area contributed by atoms with E-state index in [9.17, 15) is 15.0 Å². The number of ether oxygens (including phenoxy) is 1. The Morgan fingerprint density at radius 2 is 2.00 bits per heavy atom. The van der Waals surface area contributed by atoms with Gasteiger partial charge in [-0.05, 0) is 31.1 Å². The number of Topliss-reactive ketones (excluding diaryl/α,β-unsaturated/α-hetero) is 1. The maximum Gasteiger partial charge on any atom is 0.235 e. The number of aromatic nitrogens is 1. The maximum atomic E-state index is 12.7. The van der Waals surface area contributed by atoms with Crippen molar-refractivity contribution in [3.05, 3.63) is 59.0 Å². The van der Waals surface area contributed by atoms with Crippen LogP contribution in [0.2, 0.25) is 0 Å². The number of hydrogen-bond donors (Lipinski definition) is 2. The van der Waals surface area contributed by atoms with Gasteiger partial charge < -0.3 is 19.5 Å². The minimum absolute atomic E-state index is 0.0876. The molecule has 0 spiro atoms. The lowest BCUT2D eigenvalue weighted by molar-refractivity contribution is 0.101. The van der Waals surface area contributed by atoms with E-state index in [0.717, 1.165) is 41.9 Å². The van der Waals surface area contributed by atoms with Crippen LogP contribution in [-0.2, 0) is 6.54 Å². The third-order valence-electron chi connectivity index (χ3n) is 4.84. The first-order valence-electron chi connectivity index (χ1n) is 9.07. The molecule has 5 heteroatoms. The number of rotatable bonds is 4. The van der Waals surface area contributed by atoms with Crippen molar-refractivity contribution in [1.82, 2.24) is 4.57 Å². The van der Waals surface area contributed by atoms with E-state index in [1.54, 1.807) is 6.08 Å². The Hall–Kier alpha value is -3.21. The fourth-order valence-corrected chi connectivity index (χ4v) is 3.48. The number of ketones is 1. The van der Waals surface area contributed by atoms with Crippen LogP contribution in [-0.4, -0.2) is 20.6 Å². The second kappa shape index (κ2) is 6.50. The van der Waals surface area contributed by atoms with Crippen LogP contribution in [0.25, 0.3) is 17.0 Å². The Labute approximate surface area is 157 Å². The molecule has 3 aromatic rings. The fraction of sp³-hybridized carbons (Fsp3) is 0.227. The van der Waals surface area contributed by atoms with Gasteiger partial charge in [0.15, 0.2) is 5.76 Å². The Kier molecular flexibility index (Phi) is 4.15. The zero-order valence-electron chi connectivity index (χ0n) is 15.3. The molecule has 4 rings (SSSR count). The highest BCUT2D eigenvalue weighted by atomic mass is 16.5. The minimum Gasteiger partial charge on any atom is -0.508 e. The summed E-state index contributed by atoms with van der Waals surface area (Å²) < 4.78 is 7.83. The summed E-state index contributed by atoms with van der Waals surface area (Å²) in [4.78, 5) is 12.7. The van der Waals surface area contributed by atoms with Gasteiger partial charge >= 0.3 is 0 Å². The van der Waals surface area contributed by atoms with Gasteiger partial charge in [0.25, 0.3) is 0 Å². The van der Waals surface area contributed by atoms with Crippen LogP contribution in [0.1, 0.15) is 41.3 Å². The van der Waals surface area contributed by atoms with Crippen LogP contribution < -0.4 is 4.74 Å². The lowest BCUT2D eigenvalue weighted by atomic mass is 10.1. The van der Waals surface area contributed by atoms with E-state index >= 15 is 0 Å². The summed E-state index contributed by atoms with van der Waals surface area (Å²) in [6.07, 6.45) is 5.91. The predicted octanol–water partition coefficient (Wildman–Crippen LogP) is 4.78. The third-order valence-corrected chi connectivity index (χ3v) is 4.84. The van der Waals surface area contributed by atoms with Crippen molar-refractivity contribution in [2.45, 2.75) is 33.2 Å². The molecule has 0 saturated carbocycles. The number of unbranched alkanes of at least 4 members (excludes halogenated alkanes) is 1. The first-order valence-corrected chi connectivity index (χ1v) is 9.07. The van der Waals surface area contributed by atoms with Gasteiger partial charge in [-0.2, -0.15) is 0 Å². The fourth-order valence-electron chi connectivity index (χ4n) is 3.48. The standard InChI is InChI=1S/C22H21NO4/c1-3-4-7-23-12-14(16-6-5-13(2)8-17(16)23)9-20-22(26)21-18(25)10-15(24)11-19(21)27-20/h5-6,8-12,24-25H,3-4,7H2,1-2H3/b20-9-. The molecule has 1 aromatic heterocycles. The van der Waals surface area contributed by atoms with Crippen LogP contribution in [0, 0.1) is 6.92 Å². The molecule has 138 valence electrons. The van der Waals surface area contributed by atoms with Gasteiger partial charge in [-0.1, -0.05) is 25.5 Å². The molecule has 0 atom stereocenters. The van der Waals surface area contributed by atoms with E-state index in [0.29, 0.717) is 0 Å². The summed E-state index contributed by atoms with van der Waals surface area (Å²) >= 11 is 0. The van der Waals surface area contributed by atoms with Gasteiger partial charge in [0, 0.05) is 41.3 Å². The predicted molar refractivity (Wildman–Crippen MR) is 104 cm³/mol. The number of hydrogen-bond acceptors (Lipinski definition) is 4. The highest BCUT2D eigenvalue weighted by Gasteiger charge is 2.31. The van der Waals surface area contributed by atoms with Gasteiger partial charge in [0.1, 0.15) is 22.8 Å². The van der Waals surface area contributed by atoms with Crippen LogP contribution in [0.5, 0.6) is 17.2 Å². The molecule has 0 bridgehead atoms. The molecule has 2 heterocycles. The summed E-state index contributed by atoms with van der Waals surface area (Å²) in [6.45, 7) is 5.12. The molecule has 0 fully saturated rings. The van der Waals surface area contributed by atoms with Crippen LogP contribution in [0.3, 0.4) is 0 Å². The van der Waals surface area contributed by atoms with Crippen molar-refractivity contribution in [1.29, 1.82) is 0 Å². The molecule has 0 amide bonds. The molecule has 2 N–H and O–H groups in total. The van der Waals surface area contributed by atoms with E-state index in [-0.39, 0.29) is 34.4 Å². The number of carbonyl (C=O) groups excluding carboxylic acids is 1. The zero-order valence-corrected chi connectivity index (χ0v) is 15.3. The van der Waals surface area contributed by atoms with Gasteiger partial charge in [0.05, 0.1) is 0 Å². The molecule has 1 aliphatic heterocycles. The summed E-state index contributed by atoms with van der Waals surface area (Å²) in [5.74, 6) is -0.495. The topological polar surface area (TPSA) is 71.7 Å². The van der Waals surface area contributed by atoms with E-state index in [1.807, 2.05) is 12.3 Å². The normalized spacial score (nSPS) is 14.7. The number of phenolic OH excluding ortho intramolecular Hbond substituents is 2. The number of benzene rings is 2. The van der Waals surface area contributed by atoms with Crippen molar-refractivity contribution in [3.8, 4) is 17.2 Å². The second-order valence-corrected chi connectivity index (χ2v) is 6.93. The Bertz CT molecular complexity index is 1090. The number of allylic oxidation sites excluding steroid dienone is 1. The van der Waals surface area contributed by atoms with Gasteiger partial charge in [-0.15, -0.1) is 0 Å². The van der Waals surface area contributed by atoms with Crippen molar-refractivity contribution in [2.75, 3.05) is 0 Å². The van der Waals surface area contributed by atoms with Crippen molar-refractivity contribution < 1.29 is 19.7 Å². The first-order chi connectivity index (χ1) is 13.0. The first kappa shape index (κ1) is 17.2. The van der Waals surface area contributed by atoms with Gasteiger partial charge in [-0.25, -0.2) is 0 Å². The summed E-state index contributed by atoms with van der Waals surface area (Å²) in [5.41, 5.74) is 3.28. The van der Waals surface area contributed by atoms with Crippen LogP contribution in [0.4, 0.5) is 0 Å². The zero-order chi connectivity index (χ0) is 19.1. The molecule has 1 aliphatic rings. The Morgan fingerprint density at radius 3 is 2.78 bits per heavy atom. The van der Waals surface area contributed by atoms with E-state index in [2.05, 4.69) is 30.5 Å². The molecule has 0 saturated heterocycles. The number of phenols is 2. The highest BCUT2D eigenvalue weighted by molar-refractivity contribution is 6.16.